The first-order chi connectivity index (χ1) is 9.42. The molecule has 1 rings (SSSR count). The molecule has 0 aliphatic carbocycles. The third-order valence-corrected chi connectivity index (χ3v) is 3.29. The maximum absolute atomic E-state index is 14.1. The number of hydrogen-bond acceptors (Lipinski definition) is 3. The maximum atomic E-state index is 14.1. The number of carbonyl (C=O) groups is 1. The van der Waals surface area contributed by atoms with Gasteiger partial charge in [-0.15, -0.1) is 5.92 Å². The molecule has 1 aromatic rings. The molecule has 3 nitrogen and oxygen atoms in total. The summed E-state index contributed by atoms with van der Waals surface area (Å²) in [6.07, 6.45) is -0.299. The van der Waals surface area contributed by atoms with E-state index in [-0.39, 0.29) is 28.6 Å². The Morgan fingerprint density at radius 3 is 2.75 bits per heavy atom. The van der Waals surface area contributed by atoms with Crippen LogP contribution in [0.3, 0.4) is 0 Å². The van der Waals surface area contributed by atoms with Gasteiger partial charge >= 0.3 is 5.97 Å². The lowest BCUT2D eigenvalue weighted by molar-refractivity contribution is -0.143. The van der Waals surface area contributed by atoms with Crippen LogP contribution >= 0.6 is 15.9 Å². The number of ether oxygens (including phenoxy) is 1. The first-order valence-electron chi connectivity index (χ1n) is 5.93. The monoisotopic (exact) mass is 345 g/mol. The molecule has 0 saturated heterocycles. The number of rotatable bonds is 4. The fourth-order valence-corrected chi connectivity index (χ4v) is 2.10. The minimum atomic E-state index is -1.12. The lowest BCUT2D eigenvalue weighted by Crippen LogP contribution is -2.20. The van der Waals surface area contributed by atoms with Gasteiger partial charge in [0.2, 0.25) is 0 Å². The van der Waals surface area contributed by atoms with Gasteiger partial charge in [-0.25, -0.2) is 8.78 Å². The summed E-state index contributed by atoms with van der Waals surface area (Å²) in [5.74, 6) is 2.85. The minimum absolute atomic E-state index is 0.0301. The van der Waals surface area contributed by atoms with Crippen LogP contribution in [0.25, 0.3) is 0 Å². The molecule has 0 saturated carbocycles. The normalized spacial score (nSPS) is 11.5. The minimum Gasteiger partial charge on any atom is -0.466 e. The molecule has 108 valence electrons. The van der Waals surface area contributed by atoms with Crippen molar-refractivity contribution in [3.05, 3.63) is 33.3 Å². The molecule has 0 spiro atoms. The Balaban J connectivity index is 3.15. The van der Waals surface area contributed by atoms with E-state index in [0.717, 1.165) is 6.07 Å². The highest BCUT2D eigenvalue weighted by Gasteiger charge is 2.23. The molecule has 1 atom stereocenters. The molecule has 0 aromatic heterocycles. The number of carbonyl (C=O) groups excluding carboxylic acids is 1. The summed E-state index contributed by atoms with van der Waals surface area (Å²) in [5, 5.41) is 0. The molecule has 0 aliphatic heterocycles. The van der Waals surface area contributed by atoms with E-state index >= 15 is 0 Å². The predicted molar refractivity (Wildman–Crippen MR) is 74.8 cm³/mol. The van der Waals surface area contributed by atoms with Crippen LogP contribution < -0.4 is 5.73 Å². The summed E-state index contributed by atoms with van der Waals surface area (Å²) in [4.78, 5) is 11.3. The largest absolute Gasteiger partial charge is 0.466 e. The van der Waals surface area contributed by atoms with Crippen molar-refractivity contribution in [3.63, 3.8) is 0 Å². The molecular weight excluding hydrogens is 332 g/mol. The lowest BCUT2D eigenvalue weighted by Gasteiger charge is -2.15. The van der Waals surface area contributed by atoms with Crippen LogP contribution in [-0.4, -0.2) is 12.6 Å². The van der Waals surface area contributed by atoms with E-state index < -0.39 is 23.6 Å². The summed E-state index contributed by atoms with van der Waals surface area (Å²) in [6.45, 7) is 3.38. The number of esters is 1. The predicted octanol–water partition coefficient (Wildman–Crippen LogP) is 3.05. The van der Waals surface area contributed by atoms with Gasteiger partial charge in [0.05, 0.1) is 17.5 Å². The molecule has 0 aliphatic rings. The first kappa shape index (κ1) is 16.6. The molecule has 1 aromatic carbocycles. The smallest absolute Gasteiger partial charge is 0.307 e. The Morgan fingerprint density at radius 1 is 1.55 bits per heavy atom. The van der Waals surface area contributed by atoms with E-state index in [9.17, 15) is 13.6 Å². The fourth-order valence-electron chi connectivity index (χ4n) is 1.68. The van der Waals surface area contributed by atoms with Gasteiger partial charge in [-0.3, -0.25) is 4.79 Å². The van der Waals surface area contributed by atoms with Crippen LogP contribution in [0, 0.1) is 23.5 Å². The van der Waals surface area contributed by atoms with E-state index in [1.807, 2.05) is 0 Å². The van der Waals surface area contributed by atoms with E-state index in [0.29, 0.717) is 0 Å². The summed E-state index contributed by atoms with van der Waals surface area (Å²) < 4.78 is 32.8. The molecule has 0 amide bonds. The van der Waals surface area contributed by atoms with Gasteiger partial charge in [0, 0.05) is 17.2 Å². The van der Waals surface area contributed by atoms with Crippen molar-refractivity contribution in [2.75, 3.05) is 6.61 Å². The average molecular weight is 346 g/mol. The van der Waals surface area contributed by atoms with E-state index in [1.54, 1.807) is 13.8 Å². The van der Waals surface area contributed by atoms with Gasteiger partial charge in [0.15, 0.2) is 0 Å². The zero-order chi connectivity index (χ0) is 15.3. The van der Waals surface area contributed by atoms with Crippen LogP contribution in [0.15, 0.2) is 10.5 Å². The second-order valence-electron chi connectivity index (χ2n) is 3.94. The molecular formula is C14H14BrF2NO2. The van der Waals surface area contributed by atoms with Crippen molar-refractivity contribution in [2.45, 2.75) is 26.3 Å². The fraction of sp³-hybridized carbons (Fsp3) is 0.357. The van der Waals surface area contributed by atoms with E-state index in [4.69, 9.17) is 10.5 Å². The Kier molecular flexibility index (Phi) is 6.11. The Bertz CT molecular complexity index is 579. The Labute approximate surface area is 124 Å². The highest BCUT2D eigenvalue weighted by atomic mass is 79.9. The van der Waals surface area contributed by atoms with E-state index in [2.05, 4.69) is 27.8 Å². The van der Waals surface area contributed by atoms with Crippen molar-refractivity contribution in [1.29, 1.82) is 0 Å². The van der Waals surface area contributed by atoms with Crippen molar-refractivity contribution >= 4 is 21.9 Å². The SMILES string of the molecule is CC#Cc1cc(F)c(C(N)CC(=O)OCC)c(F)c1Br. The zero-order valence-electron chi connectivity index (χ0n) is 11.1. The molecule has 2 N–H and O–H groups in total. The lowest BCUT2D eigenvalue weighted by atomic mass is 10.0. The third kappa shape index (κ3) is 3.78. The van der Waals surface area contributed by atoms with Crippen LogP contribution in [0.4, 0.5) is 8.78 Å². The van der Waals surface area contributed by atoms with Crippen molar-refractivity contribution in [1.82, 2.24) is 0 Å². The molecule has 20 heavy (non-hydrogen) atoms. The maximum Gasteiger partial charge on any atom is 0.307 e. The Hall–Kier alpha value is -1.45. The molecule has 0 radical (unpaired) electrons. The zero-order valence-corrected chi connectivity index (χ0v) is 12.7. The van der Waals surface area contributed by atoms with Gasteiger partial charge in [-0.1, -0.05) is 5.92 Å². The molecule has 6 heteroatoms. The second kappa shape index (κ2) is 7.36. The highest BCUT2D eigenvalue weighted by Crippen LogP contribution is 2.30. The van der Waals surface area contributed by atoms with Crippen LogP contribution in [-0.2, 0) is 9.53 Å². The summed E-state index contributed by atoms with van der Waals surface area (Å²) in [7, 11) is 0. The molecule has 0 bridgehead atoms. The quantitative estimate of drug-likeness (QED) is 0.518. The molecule has 0 fully saturated rings. The van der Waals surface area contributed by atoms with Gasteiger partial charge in [-0.05, 0) is 35.8 Å². The summed E-state index contributed by atoms with van der Waals surface area (Å²) in [6, 6.07) is -0.0294. The van der Waals surface area contributed by atoms with Crippen molar-refractivity contribution in [2.24, 2.45) is 5.73 Å². The van der Waals surface area contributed by atoms with Crippen LogP contribution in [0.2, 0.25) is 0 Å². The van der Waals surface area contributed by atoms with Crippen molar-refractivity contribution in [3.8, 4) is 11.8 Å². The third-order valence-electron chi connectivity index (χ3n) is 2.52. The molecule has 0 heterocycles. The number of nitrogens with two attached hydrogens (primary N) is 1. The van der Waals surface area contributed by atoms with E-state index in [1.165, 1.54) is 0 Å². The topological polar surface area (TPSA) is 52.3 Å². The number of benzene rings is 1. The van der Waals surface area contributed by atoms with Gasteiger partial charge < -0.3 is 10.5 Å². The number of halogens is 3. The van der Waals surface area contributed by atoms with Gasteiger partial charge in [0.1, 0.15) is 11.6 Å². The number of hydrogen-bond donors (Lipinski definition) is 1. The Morgan fingerprint density at radius 2 is 2.20 bits per heavy atom. The standard InChI is InChI=1S/C14H14BrF2NO2/c1-3-5-8-6-9(16)12(14(17)13(8)15)10(18)7-11(19)20-4-2/h6,10H,4,7,18H2,1-2H3. The molecule has 1 unspecified atom stereocenters. The van der Waals surface area contributed by atoms with Crippen molar-refractivity contribution < 1.29 is 18.3 Å². The highest BCUT2D eigenvalue weighted by molar-refractivity contribution is 9.10. The summed E-state index contributed by atoms with van der Waals surface area (Å²) in [5.41, 5.74) is 5.52. The van der Waals surface area contributed by atoms with Crippen LogP contribution in [0.5, 0.6) is 0 Å². The average Bonchev–Trinajstić information content (AvgIpc) is 2.36. The van der Waals surface area contributed by atoms with Crippen LogP contribution in [0.1, 0.15) is 37.4 Å². The second-order valence-corrected chi connectivity index (χ2v) is 4.73. The first-order valence-corrected chi connectivity index (χ1v) is 6.73. The van der Waals surface area contributed by atoms with Gasteiger partial charge in [-0.2, -0.15) is 0 Å². The summed E-state index contributed by atoms with van der Waals surface area (Å²) >= 11 is 3.02. The van der Waals surface area contributed by atoms with Gasteiger partial charge in [0.25, 0.3) is 0 Å².